The van der Waals surface area contributed by atoms with E-state index < -0.39 is 29.4 Å². The van der Waals surface area contributed by atoms with Crippen LogP contribution in [-0.4, -0.2) is 23.4 Å². The average molecular weight is 455 g/mol. The smallest absolute Gasteiger partial charge is 0.300 e. The summed E-state index contributed by atoms with van der Waals surface area (Å²) in [6.07, 6.45) is 0.839. The molecule has 0 bridgehead atoms. The SMILES string of the molecule is CCCOc1ccc(/C(O)=C2/C(=O)C(=O)N(c3ccc(F)cc3F)C2c2cccs2)cc1. The Labute approximate surface area is 187 Å². The summed E-state index contributed by atoms with van der Waals surface area (Å²) in [7, 11) is 0. The van der Waals surface area contributed by atoms with Crippen molar-refractivity contribution in [2.24, 2.45) is 0 Å². The van der Waals surface area contributed by atoms with Crippen molar-refractivity contribution in [2.45, 2.75) is 19.4 Å². The minimum absolute atomic E-state index is 0.164. The van der Waals surface area contributed by atoms with Gasteiger partial charge in [0.05, 0.1) is 17.9 Å². The Morgan fingerprint density at radius 2 is 1.88 bits per heavy atom. The predicted molar refractivity (Wildman–Crippen MR) is 118 cm³/mol. The summed E-state index contributed by atoms with van der Waals surface area (Å²) >= 11 is 1.25. The number of aliphatic hydroxyl groups excluding tert-OH is 1. The number of hydrogen-bond donors (Lipinski definition) is 1. The maximum absolute atomic E-state index is 14.6. The number of carbonyl (C=O) groups is 2. The molecule has 1 amide bonds. The first-order chi connectivity index (χ1) is 15.4. The standard InChI is InChI=1S/C24H19F2NO4S/c1-2-11-31-16-8-5-14(6-9-16)22(28)20-21(19-4-3-12-32-19)27(24(30)23(20)29)18-10-7-15(25)13-17(18)26/h3-10,12-13,21,28H,2,11H2,1H3/b22-20-. The van der Waals surface area contributed by atoms with E-state index in [0.717, 1.165) is 23.5 Å². The van der Waals surface area contributed by atoms with Crippen LogP contribution in [-0.2, 0) is 9.59 Å². The summed E-state index contributed by atoms with van der Waals surface area (Å²) in [6, 6.07) is 11.6. The quantitative estimate of drug-likeness (QED) is 0.305. The number of benzene rings is 2. The number of Topliss-reactive ketones (excluding diaryl/α,β-unsaturated/α-hetero) is 1. The Morgan fingerprint density at radius 3 is 2.50 bits per heavy atom. The van der Waals surface area contributed by atoms with E-state index >= 15 is 0 Å². The second kappa shape index (κ2) is 8.92. The summed E-state index contributed by atoms with van der Waals surface area (Å²) < 4.78 is 33.6. The lowest BCUT2D eigenvalue weighted by Crippen LogP contribution is -2.30. The molecule has 1 N–H and O–H groups in total. The number of amides is 1. The number of rotatable bonds is 6. The van der Waals surface area contributed by atoms with Crippen LogP contribution in [0.3, 0.4) is 0 Å². The zero-order chi connectivity index (χ0) is 22.8. The first-order valence-corrected chi connectivity index (χ1v) is 10.8. The molecule has 1 aromatic heterocycles. The summed E-state index contributed by atoms with van der Waals surface area (Å²) in [4.78, 5) is 27.4. The number of aliphatic hydroxyl groups is 1. The van der Waals surface area contributed by atoms with Crippen molar-refractivity contribution in [3.8, 4) is 5.75 Å². The van der Waals surface area contributed by atoms with Gasteiger partial charge in [-0.2, -0.15) is 0 Å². The fraction of sp³-hybridized carbons (Fsp3) is 0.167. The molecule has 4 rings (SSSR count). The van der Waals surface area contributed by atoms with Gasteiger partial charge in [-0.25, -0.2) is 8.78 Å². The van der Waals surface area contributed by atoms with E-state index in [1.807, 2.05) is 6.92 Å². The fourth-order valence-electron chi connectivity index (χ4n) is 3.56. The van der Waals surface area contributed by atoms with Crippen molar-refractivity contribution in [1.29, 1.82) is 0 Å². The molecule has 1 aliphatic rings. The topological polar surface area (TPSA) is 66.8 Å². The van der Waals surface area contributed by atoms with Gasteiger partial charge in [-0.05, 0) is 54.3 Å². The molecule has 8 heteroatoms. The molecule has 1 aliphatic heterocycles. The van der Waals surface area contributed by atoms with Gasteiger partial charge < -0.3 is 9.84 Å². The van der Waals surface area contributed by atoms with E-state index in [2.05, 4.69) is 0 Å². The third kappa shape index (κ3) is 3.89. The highest BCUT2D eigenvalue weighted by Gasteiger charge is 2.48. The highest BCUT2D eigenvalue weighted by Crippen LogP contribution is 2.44. The molecular weight excluding hydrogens is 436 g/mol. The number of ketones is 1. The Bertz CT molecular complexity index is 1190. The summed E-state index contributed by atoms with van der Waals surface area (Å²) in [5, 5.41) is 12.8. The van der Waals surface area contributed by atoms with Crippen molar-refractivity contribution in [1.82, 2.24) is 0 Å². The minimum atomic E-state index is -1.05. The summed E-state index contributed by atoms with van der Waals surface area (Å²) in [5.41, 5.74) is -0.0920. The number of carbonyl (C=O) groups excluding carboxylic acids is 2. The molecule has 2 heterocycles. The van der Waals surface area contributed by atoms with Gasteiger partial charge in [-0.15, -0.1) is 11.3 Å². The Balaban J connectivity index is 1.83. The van der Waals surface area contributed by atoms with Crippen molar-refractivity contribution >= 4 is 34.5 Å². The van der Waals surface area contributed by atoms with E-state index in [1.54, 1.807) is 41.8 Å². The number of thiophene rings is 1. The number of ether oxygens (including phenoxy) is 1. The van der Waals surface area contributed by atoms with Crippen LogP contribution in [0.2, 0.25) is 0 Å². The van der Waals surface area contributed by atoms with Crippen molar-refractivity contribution < 1.29 is 28.2 Å². The molecule has 3 aromatic rings. The second-order valence-corrected chi connectivity index (χ2v) is 8.13. The van der Waals surface area contributed by atoms with E-state index in [-0.39, 0.29) is 17.0 Å². The van der Waals surface area contributed by atoms with Crippen molar-refractivity contribution in [3.63, 3.8) is 0 Å². The van der Waals surface area contributed by atoms with Crippen LogP contribution in [0, 0.1) is 11.6 Å². The molecular formula is C24H19F2NO4S. The van der Waals surface area contributed by atoms with Crippen LogP contribution in [0.4, 0.5) is 14.5 Å². The van der Waals surface area contributed by atoms with Crippen LogP contribution in [0.1, 0.15) is 29.8 Å². The molecule has 1 unspecified atom stereocenters. The molecule has 32 heavy (non-hydrogen) atoms. The highest BCUT2D eigenvalue weighted by molar-refractivity contribution is 7.10. The van der Waals surface area contributed by atoms with E-state index in [9.17, 15) is 23.5 Å². The molecule has 2 aromatic carbocycles. The highest BCUT2D eigenvalue weighted by atomic mass is 32.1. The van der Waals surface area contributed by atoms with Crippen molar-refractivity contribution in [2.75, 3.05) is 11.5 Å². The van der Waals surface area contributed by atoms with E-state index in [0.29, 0.717) is 28.9 Å². The second-order valence-electron chi connectivity index (χ2n) is 7.15. The lowest BCUT2D eigenvalue weighted by Gasteiger charge is -2.24. The van der Waals surface area contributed by atoms with Gasteiger partial charge in [-0.1, -0.05) is 13.0 Å². The molecule has 0 radical (unpaired) electrons. The Hall–Kier alpha value is -3.52. The van der Waals surface area contributed by atoms with Gasteiger partial charge in [0.25, 0.3) is 11.7 Å². The normalized spacial score (nSPS) is 17.7. The monoisotopic (exact) mass is 455 g/mol. The maximum Gasteiger partial charge on any atom is 0.300 e. The first-order valence-electron chi connectivity index (χ1n) is 9.95. The Kier molecular flexibility index (Phi) is 6.05. The van der Waals surface area contributed by atoms with Crippen LogP contribution >= 0.6 is 11.3 Å². The van der Waals surface area contributed by atoms with Gasteiger partial charge in [0.15, 0.2) is 0 Å². The first kappa shape index (κ1) is 21.7. The predicted octanol–water partition coefficient (Wildman–Crippen LogP) is 5.44. The van der Waals surface area contributed by atoms with E-state index in [1.165, 1.54) is 11.3 Å². The number of anilines is 1. The lowest BCUT2D eigenvalue weighted by molar-refractivity contribution is -0.132. The molecule has 0 saturated carbocycles. The molecule has 164 valence electrons. The molecule has 5 nitrogen and oxygen atoms in total. The van der Waals surface area contributed by atoms with Crippen LogP contribution in [0.15, 0.2) is 65.6 Å². The van der Waals surface area contributed by atoms with Crippen LogP contribution < -0.4 is 9.64 Å². The fourth-order valence-corrected chi connectivity index (χ4v) is 4.38. The maximum atomic E-state index is 14.6. The third-order valence-corrected chi connectivity index (χ3v) is 5.95. The largest absolute Gasteiger partial charge is 0.507 e. The minimum Gasteiger partial charge on any atom is -0.507 e. The molecule has 0 aliphatic carbocycles. The molecule has 0 spiro atoms. The van der Waals surface area contributed by atoms with Gasteiger partial charge in [0.2, 0.25) is 0 Å². The summed E-state index contributed by atoms with van der Waals surface area (Å²) in [6.45, 7) is 2.52. The molecule has 1 atom stereocenters. The number of hydrogen-bond acceptors (Lipinski definition) is 5. The van der Waals surface area contributed by atoms with Gasteiger partial charge in [-0.3, -0.25) is 14.5 Å². The van der Waals surface area contributed by atoms with Gasteiger partial charge in [0, 0.05) is 16.5 Å². The third-order valence-electron chi connectivity index (χ3n) is 5.03. The zero-order valence-electron chi connectivity index (χ0n) is 17.0. The van der Waals surface area contributed by atoms with E-state index in [4.69, 9.17) is 4.74 Å². The molecule has 1 fully saturated rings. The Morgan fingerprint density at radius 1 is 1.12 bits per heavy atom. The average Bonchev–Trinajstić information content (AvgIpc) is 3.40. The molecule has 1 saturated heterocycles. The summed E-state index contributed by atoms with van der Waals surface area (Å²) in [5.74, 6) is -3.51. The number of halogens is 2. The number of nitrogens with zero attached hydrogens (tertiary/aromatic N) is 1. The van der Waals surface area contributed by atoms with Crippen molar-refractivity contribution in [3.05, 3.63) is 87.6 Å². The van der Waals surface area contributed by atoms with Crippen LogP contribution in [0.5, 0.6) is 5.75 Å². The zero-order valence-corrected chi connectivity index (χ0v) is 17.9. The lowest BCUT2D eigenvalue weighted by atomic mass is 9.99. The van der Waals surface area contributed by atoms with Gasteiger partial charge in [0.1, 0.15) is 29.2 Å². The van der Waals surface area contributed by atoms with Gasteiger partial charge >= 0.3 is 0 Å². The van der Waals surface area contributed by atoms with Crippen LogP contribution in [0.25, 0.3) is 5.76 Å².